The average Bonchev–Trinajstić information content (AvgIpc) is 3.14. The Morgan fingerprint density at radius 1 is 1.17 bits per heavy atom. The summed E-state index contributed by atoms with van der Waals surface area (Å²) in [4.78, 5) is 41.4. The number of hydrogen-bond acceptors (Lipinski definition) is 5. The van der Waals surface area contributed by atoms with Crippen LogP contribution in [0.2, 0.25) is 0 Å². The van der Waals surface area contributed by atoms with Gasteiger partial charge in [0.05, 0.1) is 12.6 Å². The normalized spacial score (nSPS) is 24.1. The molecule has 124 valence electrons. The van der Waals surface area contributed by atoms with Crippen molar-refractivity contribution >= 4 is 17.8 Å². The summed E-state index contributed by atoms with van der Waals surface area (Å²) in [7, 11) is 0. The van der Waals surface area contributed by atoms with Crippen molar-refractivity contribution in [3.63, 3.8) is 0 Å². The van der Waals surface area contributed by atoms with Crippen LogP contribution in [0.4, 0.5) is 4.79 Å². The van der Waals surface area contributed by atoms with Crippen LogP contribution in [0.15, 0.2) is 0 Å². The first kappa shape index (κ1) is 15.7. The van der Waals surface area contributed by atoms with Gasteiger partial charge in [0.15, 0.2) is 0 Å². The van der Waals surface area contributed by atoms with E-state index in [1.54, 1.807) is 0 Å². The quantitative estimate of drug-likeness (QED) is 0.560. The van der Waals surface area contributed by atoms with E-state index >= 15 is 0 Å². The molecule has 0 aromatic rings. The van der Waals surface area contributed by atoms with Crippen molar-refractivity contribution < 1.29 is 14.4 Å². The maximum Gasteiger partial charge on any atom is 0.325 e. The van der Waals surface area contributed by atoms with E-state index in [-0.39, 0.29) is 18.4 Å². The number of amides is 4. The highest BCUT2D eigenvalue weighted by Gasteiger charge is 2.52. The van der Waals surface area contributed by atoms with Crippen molar-refractivity contribution in [2.45, 2.75) is 31.2 Å². The number of urea groups is 1. The molecule has 0 unspecified atom stereocenters. The van der Waals surface area contributed by atoms with Crippen LogP contribution in [0.3, 0.4) is 0 Å². The summed E-state index contributed by atoms with van der Waals surface area (Å²) in [6.07, 6.45) is 3.10. The standard InChI is InChI=1S/C15H21N5O3/c16-5-10-20-13(22)15(17-14(20)23)3-8-18(9-4-15)11-12(21)19-6-1-2-7-19/h1-4,6-11H2,(H,17,23). The monoisotopic (exact) mass is 319 g/mol. The van der Waals surface area contributed by atoms with Crippen molar-refractivity contribution in [2.24, 2.45) is 0 Å². The summed E-state index contributed by atoms with van der Waals surface area (Å²) in [5, 5.41) is 11.5. The number of nitriles is 1. The average molecular weight is 319 g/mol. The van der Waals surface area contributed by atoms with Crippen LogP contribution >= 0.6 is 0 Å². The summed E-state index contributed by atoms with van der Waals surface area (Å²) in [5.74, 6) is -0.166. The lowest BCUT2D eigenvalue weighted by Gasteiger charge is -2.37. The minimum Gasteiger partial charge on any atom is -0.342 e. The molecule has 3 heterocycles. The largest absolute Gasteiger partial charge is 0.342 e. The second-order valence-corrected chi connectivity index (χ2v) is 6.43. The molecule has 0 atom stereocenters. The van der Waals surface area contributed by atoms with Gasteiger partial charge in [-0.2, -0.15) is 5.26 Å². The van der Waals surface area contributed by atoms with Gasteiger partial charge in [-0.15, -0.1) is 0 Å². The molecule has 0 aromatic carbocycles. The molecule has 4 amide bonds. The first-order valence-corrected chi connectivity index (χ1v) is 8.07. The van der Waals surface area contributed by atoms with E-state index in [2.05, 4.69) is 5.32 Å². The van der Waals surface area contributed by atoms with E-state index in [1.807, 2.05) is 15.9 Å². The van der Waals surface area contributed by atoms with Crippen LogP contribution in [-0.2, 0) is 9.59 Å². The van der Waals surface area contributed by atoms with E-state index in [4.69, 9.17) is 5.26 Å². The first-order valence-electron chi connectivity index (χ1n) is 8.07. The van der Waals surface area contributed by atoms with E-state index in [9.17, 15) is 14.4 Å². The first-order chi connectivity index (χ1) is 11.1. The lowest BCUT2D eigenvalue weighted by Crippen LogP contribution is -2.56. The number of imide groups is 1. The van der Waals surface area contributed by atoms with Crippen LogP contribution in [0.25, 0.3) is 0 Å². The second kappa shape index (κ2) is 6.16. The van der Waals surface area contributed by atoms with Crippen LogP contribution in [0, 0.1) is 11.3 Å². The predicted molar refractivity (Wildman–Crippen MR) is 80.1 cm³/mol. The number of piperidine rings is 1. The smallest absolute Gasteiger partial charge is 0.325 e. The fourth-order valence-electron chi connectivity index (χ4n) is 3.58. The lowest BCUT2D eigenvalue weighted by atomic mass is 9.87. The molecule has 3 saturated heterocycles. The highest BCUT2D eigenvalue weighted by atomic mass is 16.2. The maximum atomic E-state index is 12.4. The lowest BCUT2D eigenvalue weighted by molar-refractivity contribution is -0.134. The number of carbonyl (C=O) groups is 3. The summed E-state index contributed by atoms with van der Waals surface area (Å²) < 4.78 is 0. The molecule has 3 rings (SSSR count). The van der Waals surface area contributed by atoms with Gasteiger partial charge >= 0.3 is 6.03 Å². The van der Waals surface area contributed by atoms with Crippen molar-refractivity contribution in [1.82, 2.24) is 20.0 Å². The van der Waals surface area contributed by atoms with Gasteiger partial charge in [-0.3, -0.25) is 14.5 Å². The fraction of sp³-hybridized carbons (Fsp3) is 0.733. The molecular weight excluding hydrogens is 298 g/mol. The highest BCUT2D eigenvalue weighted by Crippen LogP contribution is 2.29. The number of nitrogens with zero attached hydrogens (tertiary/aromatic N) is 4. The Kier molecular flexibility index (Phi) is 4.22. The third-order valence-corrected chi connectivity index (χ3v) is 5.00. The Labute approximate surface area is 135 Å². The van der Waals surface area contributed by atoms with Gasteiger partial charge in [-0.05, 0) is 25.7 Å². The minimum atomic E-state index is -0.888. The zero-order chi connectivity index (χ0) is 16.4. The molecule has 3 fully saturated rings. The van der Waals surface area contributed by atoms with Crippen molar-refractivity contribution in [2.75, 3.05) is 39.3 Å². The Hall–Kier alpha value is -2.14. The minimum absolute atomic E-state index is 0.145. The van der Waals surface area contributed by atoms with Crippen LogP contribution in [0.5, 0.6) is 0 Å². The van der Waals surface area contributed by atoms with Crippen molar-refractivity contribution in [1.29, 1.82) is 5.26 Å². The van der Waals surface area contributed by atoms with Crippen LogP contribution in [-0.4, -0.2) is 77.4 Å². The maximum absolute atomic E-state index is 12.4. The number of rotatable bonds is 3. The topological polar surface area (TPSA) is 96.8 Å². The Bertz CT molecular complexity index is 556. The van der Waals surface area contributed by atoms with Crippen molar-refractivity contribution in [3.05, 3.63) is 0 Å². The van der Waals surface area contributed by atoms with Gasteiger partial charge in [0.1, 0.15) is 12.1 Å². The van der Waals surface area contributed by atoms with Crippen molar-refractivity contribution in [3.8, 4) is 6.07 Å². The summed E-state index contributed by atoms with van der Waals surface area (Å²) >= 11 is 0. The van der Waals surface area contributed by atoms with Gasteiger partial charge < -0.3 is 10.2 Å². The van der Waals surface area contributed by atoms with Crippen LogP contribution in [0.1, 0.15) is 25.7 Å². The van der Waals surface area contributed by atoms with E-state index in [0.29, 0.717) is 32.5 Å². The Morgan fingerprint density at radius 3 is 2.43 bits per heavy atom. The van der Waals surface area contributed by atoms with E-state index in [0.717, 1.165) is 30.8 Å². The summed E-state index contributed by atoms with van der Waals surface area (Å²) in [6.45, 7) is 3.02. The summed E-state index contributed by atoms with van der Waals surface area (Å²) in [5.41, 5.74) is -0.888. The third-order valence-electron chi connectivity index (χ3n) is 5.00. The molecule has 3 aliphatic rings. The van der Waals surface area contributed by atoms with E-state index < -0.39 is 11.6 Å². The molecule has 23 heavy (non-hydrogen) atoms. The predicted octanol–water partition coefficient (Wildman–Crippen LogP) is -0.481. The van der Waals surface area contributed by atoms with Gasteiger partial charge in [-0.1, -0.05) is 0 Å². The number of carbonyl (C=O) groups excluding carboxylic acids is 3. The second-order valence-electron chi connectivity index (χ2n) is 6.43. The van der Waals surface area contributed by atoms with E-state index in [1.165, 1.54) is 0 Å². The molecule has 1 N–H and O–H groups in total. The van der Waals surface area contributed by atoms with Gasteiger partial charge in [0.25, 0.3) is 5.91 Å². The van der Waals surface area contributed by atoms with Gasteiger partial charge in [-0.25, -0.2) is 9.69 Å². The molecule has 0 radical (unpaired) electrons. The molecule has 1 spiro atoms. The highest BCUT2D eigenvalue weighted by molar-refractivity contribution is 6.07. The molecule has 0 saturated carbocycles. The molecule has 8 nitrogen and oxygen atoms in total. The van der Waals surface area contributed by atoms with Gasteiger partial charge in [0.2, 0.25) is 5.91 Å². The number of nitrogens with one attached hydrogen (secondary N) is 1. The Balaban J connectivity index is 1.56. The SMILES string of the molecule is N#CCN1C(=O)NC2(CCN(CC(=O)N3CCCC3)CC2)C1=O. The number of likely N-dealkylation sites (tertiary alicyclic amines) is 2. The number of hydrogen-bond donors (Lipinski definition) is 1. The zero-order valence-electron chi connectivity index (χ0n) is 13.1. The zero-order valence-corrected chi connectivity index (χ0v) is 13.1. The molecule has 0 aliphatic carbocycles. The Morgan fingerprint density at radius 2 is 1.83 bits per heavy atom. The molecule has 3 aliphatic heterocycles. The molecule has 0 bridgehead atoms. The third kappa shape index (κ3) is 2.88. The molecular formula is C15H21N5O3. The molecule has 0 aromatic heterocycles. The van der Waals surface area contributed by atoms with Gasteiger partial charge in [0, 0.05) is 26.2 Å². The summed E-state index contributed by atoms with van der Waals surface area (Å²) in [6, 6.07) is 1.35. The van der Waals surface area contributed by atoms with Crippen LogP contribution < -0.4 is 5.32 Å². The molecule has 8 heteroatoms. The fourth-order valence-corrected chi connectivity index (χ4v) is 3.58.